The predicted molar refractivity (Wildman–Crippen MR) is 133 cm³/mol. The largest absolute Gasteiger partial charge is 0.368 e. The normalized spacial score (nSPS) is 11.4. The molecule has 0 radical (unpaired) electrons. The molecule has 172 valence electrons. The summed E-state index contributed by atoms with van der Waals surface area (Å²) in [4.78, 5) is 3.19. The van der Waals surface area contributed by atoms with Crippen LogP contribution < -0.4 is 0 Å². The zero-order valence-electron chi connectivity index (χ0n) is 15.8. The van der Waals surface area contributed by atoms with Gasteiger partial charge in [0.2, 0.25) is 0 Å². The van der Waals surface area contributed by atoms with Crippen molar-refractivity contribution in [3.63, 3.8) is 0 Å². The molecule has 0 aromatic carbocycles. The summed E-state index contributed by atoms with van der Waals surface area (Å²) < 4.78 is 52.6. The van der Waals surface area contributed by atoms with Crippen LogP contribution in [-0.2, 0) is 20.0 Å². The molecular formula is C16H38ClIN4O4S2. The van der Waals surface area contributed by atoms with E-state index >= 15 is 0 Å². The molecule has 0 amide bonds. The summed E-state index contributed by atoms with van der Waals surface area (Å²) >= 11 is 7.65. The van der Waals surface area contributed by atoms with E-state index in [1.807, 2.05) is 0 Å². The average Bonchev–Trinajstić information content (AvgIpc) is 2.52. The second kappa shape index (κ2) is 20.1. The van der Waals surface area contributed by atoms with Crippen molar-refractivity contribution in [2.45, 2.75) is 40.5 Å². The highest BCUT2D eigenvalue weighted by atomic mass is 127. The molecule has 0 saturated carbocycles. The first-order valence-electron chi connectivity index (χ1n) is 7.97. The second-order valence-corrected chi connectivity index (χ2v) is 10.8. The van der Waals surface area contributed by atoms with Crippen LogP contribution in [0.25, 0.3) is 0 Å². The van der Waals surface area contributed by atoms with E-state index < -0.39 is 20.0 Å². The van der Waals surface area contributed by atoms with Crippen molar-refractivity contribution in [2.75, 3.05) is 50.0 Å². The van der Waals surface area contributed by atoms with E-state index in [1.165, 1.54) is 12.7 Å². The van der Waals surface area contributed by atoms with Crippen molar-refractivity contribution in [1.29, 1.82) is 0 Å². The number of rotatable bonds is 12. The quantitative estimate of drug-likeness (QED) is 0.116. The zero-order chi connectivity index (χ0) is 20.6. The Labute approximate surface area is 192 Å². The van der Waals surface area contributed by atoms with Crippen molar-refractivity contribution < 1.29 is 16.8 Å². The zero-order valence-corrected chi connectivity index (χ0v) is 20.4. The maximum atomic E-state index is 11.2. The first-order chi connectivity index (χ1) is 12.0. The number of hydrogen-bond donors (Lipinski definition) is 0. The Morgan fingerprint density at radius 2 is 1.14 bits per heavy atom. The third-order valence-electron chi connectivity index (χ3n) is 2.45. The van der Waals surface area contributed by atoms with Gasteiger partial charge in [-0.3, -0.25) is 0 Å². The minimum atomic E-state index is -3.28. The molecule has 0 saturated heterocycles. The molecule has 0 aromatic rings. The number of unbranched alkanes of at least 4 members (excludes halogenated alkanes) is 2. The van der Waals surface area contributed by atoms with Crippen LogP contribution in [0, 0.1) is 0 Å². The van der Waals surface area contributed by atoms with E-state index in [0.29, 0.717) is 25.1 Å². The van der Waals surface area contributed by atoms with Gasteiger partial charge >= 0.3 is 0 Å². The second-order valence-electron chi connectivity index (χ2n) is 5.73. The van der Waals surface area contributed by atoms with E-state index in [1.54, 1.807) is 38.0 Å². The molecule has 12 heteroatoms. The molecule has 0 bridgehead atoms. The van der Waals surface area contributed by atoms with Crippen LogP contribution in [0.2, 0.25) is 0 Å². The number of halogens is 2. The summed E-state index contributed by atoms with van der Waals surface area (Å²) in [6.07, 6.45) is 5.50. The third kappa shape index (κ3) is 28.1. The average molecular weight is 577 g/mol. The van der Waals surface area contributed by atoms with Crippen molar-refractivity contribution >= 4 is 66.9 Å². The molecule has 0 atom stereocenters. The Bertz CT molecular complexity index is 556. The molecule has 0 unspecified atom stereocenters. The van der Waals surface area contributed by atoms with Gasteiger partial charge in [-0.2, -0.15) is 8.80 Å². The fourth-order valence-electron chi connectivity index (χ4n) is 1.20. The molecule has 0 heterocycles. The Morgan fingerprint density at radius 3 is 1.43 bits per heavy atom. The number of alkyl halides is 2. The first-order valence-corrected chi connectivity index (χ1v) is 13.2. The lowest BCUT2D eigenvalue weighted by atomic mass is 10.4. The maximum absolute atomic E-state index is 11.2. The fraction of sp³-hybridized carbons (Fsp3) is 0.875. The van der Waals surface area contributed by atoms with Gasteiger partial charge in [-0.05, 0) is 30.1 Å². The minimum absolute atomic E-state index is 0. The van der Waals surface area contributed by atoms with E-state index in [0.717, 1.165) is 10.8 Å². The minimum Gasteiger partial charge on any atom is -0.368 e. The van der Waals surface area contributed by atoms with Crippen LogP contribution in [0.3, 0.4) is 0 Å². The highest BCUT2D eigenvalue weighted by Gasteiger charge is 2.06. The van der Waals surface area contributed by atoms with Crippen LogP contribution in [0.5, 0.6) is 0 Å². The molecule has 0 aromatic heterocycles. The highest BCUT2D eigenvalue weighted by molar-refractivity contribution is 14.1. The Kier molecular flexibility index (Phi) is 25.4. The number of nitrogens with zero attached hydrogens (tertiary/aromatic N) is 4. The topological polar surface area (TPSA) is 99.5 Å². The van der Waals surface area contributed by atoms with Gasteiger partial charge in [-0.1, -0.05) is 37.4 Å². The van der Waals surface area contributed by atoms with Crippen LogP contribution in [0.4, 0.5) is 0 Å². The van der Waals surface area contributed by atoms with E-state index in [-0.39, 0.29) is 26.4 Å². The van der Waals surface area contributed by atoms with Crippen LogP contribution >= 0.6 is 34.2 Å². The molecule has 8 nitrogen and oxygen atoms in total. The molecule has 0 spiro atoms. The van der Waals surface area contributed by atoms with Crippen LogP contribution in [-0.4, -0.2) is 89.3 Å². The van der Waals surface area contributed by atoms with Crippen molar-refractivity contribution in [3.8, 4) is 0 Å². The lowest BCUT2D eigenvalue weighted by Gasteiger charge is -2.02. The highest BCUT2D eigenvalue weighted by Crippen LogP contribution is 2.01. The number of hydrogen-bond acceptors (Lipinski definition) is 4. The lowest BCUT2D eigenvalue weighted by Crippen LogP contribution is -2.11. The van der Waals surface area contributed by atoms with Gasteiger partial charge in [-0.25, -0.2) is 16.8 Å². The van der Waals surface area contributed by atoms with Crippen molar-refractivity contribution in [1.82, 2.24) is 9.80 Å². The van der Waals surface area contributed by atoms with Gasteiger partial charge in [0.05, 0.1) is 11.5 Å². The predicted octanol–water partition coefficient (Wildman–Crippen LogP) is 3.32. The maximum Gasteiger partial charge on any atom is 0.254 e. The van der Waals surface area contributed by atoms with Crippen molar-refractivity contribution in [3.05, 3.63) is 0 Å². The molecule has 0 aliphatic carbocycles. The molecule has 28 heavy (non-hydrogen) atoms. The summed E-state index contributed by atoms with van der Waals surface area (Å²) in [7, 11) is 0.416. The summed E-state index contributed by atoms with van der Waals surface area (Å²) in [5.41, 5.74) is 0. The molecule has 0 aliphatic rings. The Hall–Kier alpha value is -0.140. The lowest BCUT2D eigenvalue weighted by molar-refractivity contribution is 0.590. The van der Waals surface area contributed by atoms with Crippen molar-refractivity contribution in [2.24, 2.45) is 8.80 Å². The van der Waals surface area contributed by atoms with Gasteiger partial charge < -0.3 is 9.80 Å². The first kappa shape index (κ1) is 35.3. The monoisotopic (exact) mass is 576 g/mol. The molecule has 0 aliphatic heterocycles. The van der Waals surface area contributed by atoms with Gasteiger partial charge in [0.25, 0.3) is 20.0 Å². The van der Waals surface area contributed by atoms with E-state index in [9.17, 15) is 16.8 Å². The third-order valence-corrected chi connectivity index (χ3v) is 5.92. The summed E-state index contributed by atoms with van der Waals surface area (Å²) in [5.74, 6) is 0.720. The Morgan fingerprint density at radius 1 is 0.786 bits per heavy atom. The van der Waals surface area contributed by atoms with Gasteiger partial charge in [0.1, 0.15) is 12.7 Å². The molecular weight excluding hydrogens is 539 g/mol. The van der Waals surface area contributed by atoms with Gasteiger partial charge in [0.15, 0.2) is 0 Å². The summed E-state index contributed by atoms with van der Waals surface area (Å²) in [5, 5.41) is 0. The smallest absolute Gasteiger partial charge is 0.254 e. The summed E-state index contributed by atoms with van der Waals surface area (Å²) in [6.45, 7) is 0. The summed E-state index contributed by atoms with van der Waals surface area (Å²) in [6, 6.07) is 0. The number of sulfonamides is 2. The van der Waals surface area contributed by atoms with Gasteiger partial charge in [-0.15, -0.1) is 11.6 Å². The molecule has 0 fully saturated rings. The van der Waals surface area contributed by atoms with Crippen LogP contribution in [0.1, 0.15) is 40.5 Å². The Balaban J connectivity index is -0.000000192. The SMILES string of the molecule is C.C.CN(C)C=NS(=O)(=O)CCCCCl.CN(C)C=NS(=O)(=O)CCCCI. The standard InChI is InChI=1S/C7H15ClN2O2S.C7H15IN2O2S.2CH4/c2*1-10(2)7-9-13(11,12)6-4-3-5-8;;/h2*7H,3-6H2,1-2H3;2*1H4. The van der Waals surface area contributed by atoms with E-state index in [2.05, 4.69) is 31.4 Å². The fourth-order valence-corrected chi connectivity index (χ4v) is 3.94. The molecule has 0 rings (SSSR count). The van der Waals surface area contributed by atoms with Gasteiger partial charge in [0, 0.05) is 34.1 Å². The van der Waals surface area contributed by atoms with Crippen LogP contribution in [0.15, 0.2) is 8.80 Å². The van der Waals surface area contributed by atoms with E-state index in [4.69, 9.17) is 11.6 Å². The molecule has 0 N–H and O–H groups in total.